The number of nitriles is 1. The first-order valence-electron chi connectivity index (χ1n) is 10.3. The van der Waals surface area contributed by atoms with Gasteiger partial charge < -0.3 is 19.7 Å². The van der Waals surface area contributed by atoms with Crippen LogP contribution in [0.2, 0.25) is 0 Å². The van der Waals surface area contributed by atoms with Crippen LogP contribution in [0.1, 0.15) is 5.56 Å². The molecule has 0 aliphatic carbocycles. The van der Waals surface area contributed by atoms with Crippen molar-refractivity contribution in [2.45, 2.75) is 0 Å². The van der Waals surface area contributed by atoms with E-state index in [1.165, 1.54) is 0 Å². The Hall–Kier alpha value is -3.81. The number of nitrogens with zero attached hydrogens (tertiary/aromatic N) is 6. The van der Waals surface area contributed by atoms with Crippen molar-refractivity contribution in [1.82, 2.24) is 19.9 Å². The van der Waals surface area contributed by atoms with Crippen LogP contribution in [0.4, 0.5) is 17.6 Å². The molecule has 1 saturated heterocycles. The zero-order chi connectivity index (χ0) is 22.6. The summed E-state index contributed by atoms with van der Waals surface area (Å²) in [6.07, 6.45) is 1.69. The van der Waals surface area contributed by atoms with Gasteiger partial charge in [0.1, 0.15) is 5.75 Å². The smallest absolute Gasteiger partial charge is 0.328 e. The van der Waals surface area contributed by atoms with Crippen molar-refractivity contribution in [2.75, 3.05) is 36.5 Å². The summed E-state index contributed by atoms with van der Waals surface area (Å²) < 4.78 is 12.5. The van der Waals surface area contributed by atoms with Crippen molar-refractivity contribution in [3.05, 3.63) is 64.8 Å². The van der Waals surface area contributed by atoms with Crippen molar-refractivity contribution in [3.8, 4) is 17.8 Å². The summed E-state index contributed by atoms with van der Waals surface area (Å²) in [5.74, 6) is 1.43. The van der Waals surface area contributed by atoms with Gasteiger partial charge in [-0.2, -0.15) is 20.2 Å². The molecule has 9 nitrogen and oxygen atoms in total. The average Bonchev–Trinajstić information content (AvgIpc) is 2.85. The summed E-state index contributed by atoms with van der Waals surface area (Å²) in [7, 11) is 0. The third-order valence-electron chi connectivity index (χ3n) is 5.03. The molecule has 0 spiro atoms. The molecule has 1 aliphatic rings. The number of morpholine rings is 1. The van der Waals surface area contributed by atoms with Gasteiger partial charge in [0.15, 0.2) is 0 Å². The van der Waals surface area contributed by atoms with Crippen LogP contribution in [0.5, 0.6) is 11.8 Å². The monoisotopic (exact) mass is 503 g/mol. The summed E-state index contributed by atoms with van der Waals surface area (Å²) in [6.45, 7) is 2.54. The minimum atomic E-state index is 0.162. The molecule has 0 radical (unpaired) electrons. The largest absolute Gasteiger partial charge is 0.423 e. The highest BCUT2D eigenvalue weighted by Gasteiger charge is 2.18. The van der Waals surface area contributed by atoms with Crippen molar-refractivity contribution >= 4 is 44.4 Å². The van der Waals surface area contributed by atoms with Crippen LogP contribution < -0.4 is 15.0 Å². The molecule has 0 amide bonds. The molecule has 4 aromatic rings. The van der Waals surface area contributed by atoms with E-state index in [9.17, 15) is 0 Å². The van der Waals surface area contributed by atoms with Gasteiger partial charge in [-0.1, -0.05) is 15.9 Å². The van der Waals surface area contributed by atoms with Crippen LogP contribution in [0, 0.1) is 11.3 Å². The molecule has 0 bridgehead atoms. The quantitative estimate of drug-likeness (QED) is 0.422. The Labute approximate surface area is 198 Å². The summed E-state index contributed by atoms with van der Waals surface area (Å²) in [4.78, 5) is 20.0. The lowest BCUT2D eigenvalue weighted by Gasteiger charge is -2.27. The zero-order valence-corrected chi connectivity index (χ0v) is 19.0. The van der Waals surface area contributed by atoms with Gasteiger partial charge >= 0.3 is 6.01 Å². The molecule has 164 valence electrons. The number of hydrogen-bond acceptors (Lipinski definition) is 9. The Morgan fingerprint density at radius 3 is 2.64 bits per heavy atom. The fourth-order valence-corrected chi connectivity index (χ4v) is 3.75. The summed E-state index contributed by atoms with van der Waals surface area (Å²) in [6, 6.07) is 16.9. The minimum absolute atomic E-state index is 0.162. The van der Waals surface area contributed by atoms with Crippen molar-refractivity contribution < 1.29 is 9.47 Å². The number of nitrogens with one attached hydrogen (secondary N) is 1. The molecular weight excluding hydrogens is 486 g/mol. The average molecular weight is 504 g/mol. The highest BCUT2D eigenvalue weighted by atomic mass is 79.9. The third-order valence-corrected chi connectivity index (χ3v) is 5.53. The lowest BCUT2D eigenvalue weighted by molar-refractivity contribution is 0.122. The number of benzene rings is 2. The second-order valence-corrected chi connectivity index (χ2v) is 8.14. The SMILES string of the molecule is N#Cc1ccc(Nc2nc(Oc3ccnc4ccc(Br)cc34)nc(N3CCOCC3)n2)cc1. The number of rotatable bonds is 5. The van der Waals surface area contributed by atoms with E-state index in [2.05, 4.69) is 47.3 Å². The lowest BCUT2D eigenvalue weighted by atomic mass is 10.2. The van der Waals surface area contributed by atoms with E-state index in [1.54, 1.807) is 36.5 Å². The first-order valence-corrected chi connectivity index (χ1v) is 11.1. The molecule has 0 saturated carbocycles. The maximum Gasteiger partial charge on any atom is 0.328 e. The van der Waals surface area contributed by atoms with E-state index in [0.717, 1.165) is 21.1 Å². The van der Waals surface area contributed by atoms with E-state index < -0.39 is 0 Å². The van der Waals surface area contributed by atoms with E-state index in [4.69, 9.17) is 14.7 Å². The number of anilines is 3. The predicted molar refractivity (Wildman–Crippen MR) is 127 cm³/mol. The maximum atomic E-state index is 9.02. The third kappa shape index (κ3) is 4.84. The highest BCUT2D eigenvalue weighted by Crippen LogP contribution is 2.30. The molecule has 1 fully saturated rings. The maximum absolute atomic E-state index is 9.02. The summed E-state index contributed by atoms with van der Waals surface area (Å²) in [5.41, 5.74) is 2.12. The Morgan fingerprint density at radius 1 is 1.03 bits per heavy atom. The minimum Gasteiger partial charge on any atom is -0.423 e. The van der Waals surface area contributed by atoms with Gasteiger partial charge in [0, 0.05) is 34.8 Å². The molecular formula is C23H18BrN7O2. The fourth-order valence-electron chi connectivity index (χ4n) is 3.39. The Morgan fingerprint density at radius 2 is 1.85 bits per heavy atom. The van der Waals surface area contributed by atoms with E-state index in [1.807, 2.05) is 23.1 Å². The Balaban J connectivity index is 1.51. The number of aromatic nitrogens is 4. The van der Waals surface area contributed by atoms with Crippen LogP contribution in [0.15, 0.2) is 59.2 Å². The van der Waals surface area contributed by atoms with Crippen LogP contribution in [-0.4, -0.2) is 46.2 Å². The van der Waals surface area contributed by atoms with Crippen molar-refractivity contribution in [1.29, 1.82) is 5.26 Å². The molecule has 1 aliphatic heterocycles. The van der Waals surface area contributed by atoms with E-state index >= 15 is 0 Å². The van der Waals surface area contributed by atoms with E-state index in [-0.39, 0.29) is 6.01 Å². The highest BCUT2D eigenvalue weighted by molar-refractivity contribution is 9.10. The lowest BCUT2D eigenvalue weighted by Crippen LogP contribution is -2.37. The second-order valence-electron chi connectivity index (χ2n) is 7.23. The van der Waals surface area contributed by atoms with Crippen LogP contribution in [-0.2, 0) is 4.74 Å². The standard InChI is InChI=1S/C23H18BrN7O2/c24-16-3-6-19-18(13-16)20(7-8-26-19)33-23-29-21(27-17-4-1-15(14-25)2-5-17)28-22(30-23)31-9-11-32-12-10-31/h1-8,13H,9-12H2,(H,27,28,29,30). The Bertz CT molecular complexity index is 1340. The first-order chi connectivity index (χ1) is 16.2. The van der Waals surface area contributed by atoms with Gasteiger partial charge in [-0.05, 0) is 48.5 Å². The molecule has 2 aromatic carbocycles. The van der Waals surface area contributed by atoms with Crippen LogP contribution >= 0.6 is 15.9 Å². The van der Waals surface area contributed by atoms with Crippen LogP contribution in [0.25, 0.3) is 10.9 Å². The van der Waals surface area contributed by atoms with Gasteiger partial charge in [-0.3, -0.25) is 4.98 Å². The molecule has 0 atom stereocenters. The topological polar surface area (TPSA) is 109 Å². The second kappa shape index (κ2) is 9.36. The summed E-state index contributed by atoms with van der Waals surface area (Å²) >= 11 is 3.50. The van der Waals surface area contributed by atoms with Crippen molar-refractivity contribution in [3.63, 3.8) is 0 Å². The van der Waals surface area contributed by atoms with Gasteiger partial charge in [-0.25, -0.2) is 0 Å². The molecule has 10 heteroatoms. The summed E-state index contributed by atoms with van der Waals surface area (Å²) in [5, 5.41) is 13.0. The number of hydrogen-bond donors (Lipinski definition) is 1. The van der Waals surface area contributed by atoms with Gasteiger partial charge in [0.2, 0.25) is 11.9 Å². The number of halogens is 1. The molecule has 3 heterocycles. The number of ether oxygens (including phenoxy) is 2. The normalized spacial score (nSPS) is 13.5. The molecule has 5 rings (SSSR count). The molecule has 33 heavy (non-hydrogen) atoms. The van der Waals surface area contributed by atoms with Gasteiger partial charge in [0.05, 0.1) is 30.4 Å². The predicted octanol–water partition coefficient (Wildman–Crippen LogP) is 4.43. The molecule has 0 unspecified atom stereocenters. The zero-order valence-electron chi connectivity index (χ0n) is 17.4. The fraction of sp³-hybridized carbons (Fsp3) is 0.174. The van der Waals surface area contributed by atoms with E-state index in [0.29, 0.717) is 49.5 Å². The van der Waals surface area contributed by atoms with Crippen molar-refractivity contribution in [2.24, 2.45) is 0 Å². The first kappa shape index (κ1) is 21.1. The number of pyridine rings is 1. The van der Waals surface area contributed by atoms with Crippen LogP contribution in [0.3, 0.4) is 0 Å². The van der Waals surface area contributed by atoms with Gasteiger partial charge in [-0.15, -0.1) is 0 Å². The molecule has 2 aromatic heterocycles. The van der Waals surface area contributed by atoms with Gasteiger partial charge in [0.25, 0.3) is 0 Å². The number of fused-ring (bicyclic) bond motifs is 1. The Kier molecular flexibility index (Phi) is 5.97. The molecule has 1 N–H and O–H groups in total.